The maximum atomic E-state index is 13.4. The van der Waals surface area contributed by atoms with Crippen molar-refractivity contribution >= 4 is 17.6 Å². The van der Waals surface area contributed by atoms with E-state index in [1.54, 1.807) is 12.1 Å². The van der Waals surface area contributed by atoms with Gasteiger partial charge in [0.1, 0.15) is 0 Å². The summed E-state index contributed by atoms with van der Waals surface area (Å²) in [7, 11) is 0. The summed E-state index contributed by atoms with van der Waals surface area (Å²) in [4.78, 5) is 10.4. The van der Waals surface area contributed by atoms with E-state index in [4.69, 9.17) is 16.7 Å². The Bertz CT molecular complexity index is 413. The van der Waals surface area contributed by atoms with Crippen molar-refractivity contribution in [3.8, 4) is 0 Å². The van der Waals surface area contributed by atoms with Crippen LogP contribution in [-0.2, 0) is 17.1 Å². The highest BCUT2D eigenvalue weighted by atomic mass is 35.5. The number of carboxylic acid groups (broad SMARTS) is 1. The maximum Gasteiger partial charge on any atom is 0.303 e. The van der Waals surface area contributed by atoms with Gasteiger partial charge in [-0.3, -0.25) is 4.79 Å². The molecule has 2 nitrogen and oxygen atoms in total. The molecule has 17 heavy (non-hydrogen) atoms. The molecule has 1 aromatic carbocycles. The minimum atomic E-state index is -3.02. The van der Waals surface area contributed by atoms with Gasteiger partial charge in [-0.1, -0.05) is 23.7 Å². The highest BCUT2D eigenvalue weighted by Crippen LogP contribution is 2.36. The Kier molecular flexibility index (Phi) is 4.46. The van der Waals surface area contributed by atoms with E-state index < -0.39 is 11.9 Å². The van der Waals surface area contributed by atoms with Crippen molar-refractivity contribution in [1.82, 2.24) is 0 Å². The number of benzene rings is 1. The van der Waals surface area contributed by atoms with Crippen molar-refractivity contribution in [3.63, 3.8) is 0 Å². The van der Waals surface area contributed by atoms with E-state index in [1.165, 1.54) is 6.07 Å². The van der Waals surface area contributed by atoms with Crippen LogP contribution in [-0.4, -0.2) is 11.1 Å². The predicted octanol–water partition coefficient (Wildman–Crippen LogP) is 3.86. The van der Waals surface area contributed by atoms with E-state index in [2.05, 4.69) is 0 Å². The van der Waals surface area contributed by atoms with Gasteiger partial charge in [0.05, 0.1) is 5.02 Å². The van der Waals surface area contributed by atoms with Crippen LogP contribution in [0.25, 0.3) is 0 Å². The number of carbonyl (C=O) groups is 1. The van der Waals surface area contributed by atoms with Crippen molar-refractivity contribution in [1.29, 1.82) is 0 Å². The van der Waals surface area contributed by atoms with Crippen LogP contribution >= 0.6 is 11.6 Å². The lowest BCUT2D eigenvalue weighted by Gasteiger charge is -2.17. The molecule has 94 valence electrons. The third-order valence-corrected chi connectivity index (χ3v) is 2.69. The molecule has 5 heteroatoms. The molecular formula is C12H13ClF2O2. The molecule has 1 N–H and O–H groups in total. The highest BCUT2D eigenvalue weighted by Gasteiger charge is 2.29. The summed E-state index contributed by atoms with van der Waals surface area (Å²) in [5, 5.41) is 8.52. The van der Waals surface area contributed by atoms with Gasteiger partial charge in [0.2, 0.25) is 0 Å². The van der Waals surface area contributed by atoms with E-state index in [0.717, 1.165) is 6.92 Å². The second-order valence-corrected chi connectivity index (χ2v) is 4.32. The van der Waals surface area contributed by atoms with Crippen molar-refractivity contribution < 1.29 is 18.7 Å². The van der Waals surface area contributed by atoms with E-state index in [-0.39, 0.29) is 23.4 Å². The number of hydrogen-bond donors (Lipinski definition) is 1. The molecule has 0 radical (unpaired) electrons. The van der Waals surface area contributed by atoms with E-state index >= 15 is 0 Å². The Hall–Kier alpha value is -1.16. The molecule has 0 spiro atoms. The summed E-state index contributed by atoms with van der Waals surface area (Å²) < 4.78 is 26.7. The molecule has 0 aromatic heterocycles. The second-order valence-electron chi connectivity index (χ2n) is 3.91. The van der Waals surface area contributed by atoms with Gasteiger partial charge < -0.3 is 5.11 Å². The SMILES string of the molecule is CC(F)(F)c1c(Cl)cccc1CCCC(=O)O. The fraction of sp³-hybridized carbons (Fsp3) is 0.417. The Balaban J connectivity index is 2.92. The standard InChI is InChI=1S/C12H13ClF2O2/c1-12(14,15)11-8(4-2-6-9(11)13)5-3-7-10(16)17/h2,4,6H,3,5,7H2,1H3,(H,16,17). The molecule has 0 saturated carbocycles. The van der Waals surface area contributed by atoms with Gasteiger partial charge in [0, 0.05) is 18.9 Å². The predicted molar refractivity (Wildman–Crippen MR) is 61.6 cm³/mol. The van der Waals surface area contributed by atoms with E-state index in [9.17, 15) is 13.6 Å². The molecule has 0 aliphatic heterocycles. The van der Waals surface area contributed by atoms with Gasteiger partial charge in [0.25, 0.3) is 5.92 Å². The molecule has 1 rings (SSSR count). The fourth-order valence-electron chi connectivity index (χ4n) is 1.70. The molecule has 0 heterocycles. The lowest BCUT2D eigenvalue weighted by atomic mass is 9.98. The first kappa shape index (κ1) is 13.9. The van der Waals surface area contributed by atoms with Crippen LogP contribution in [0, 0.1) is 0 Å². The zero-order valence-electron chi connectivity index (χ0n) is 9.34. The van der Waals surface area contributed by atoms with Gasteiger partial charge in [-0.05, 0) is 24.5 Å². The van der Waals surface area contributed by atoms with Crippen LogP contribution in [0.2, 0.25) is 5.02 Å². The Morgan fingerprint density at radius 2 is 2.12 bits per heavy atom. The molecule has 0 atom stereocenters. The summed E-state index contributed by atoms with van der Waals surface area (Å²) in [6.07, 6.45) is 0.561. The first-order chi connectivity index (χ1) is 7.82. The quantitative estimate of drug-likeness (QED) is 0.875. The number of aliphatic carboxylic acids is 1. The first-order valence-electron chi connectivity index (χ1n) is 5.20. The van der Waals surface area contributed by atoms with Crippen molar-refractivity contribution in [2.45, 2.75) is 32.1 Å². The monoisotopic (exact) mass is 262 g/mol. The van der Waals surface area contributed by atoms with Gasteiger partial charge in [-0.2, -0.15) is 0 Å². The molecule has 0 amide bonds. The Morgan fingerprint density at radius 3 is 2.65 bits per heavy atom. The number of rotatable bonds is 5. The topological polar surface area (TPSA) is 37.3 Å². The van der Waals surface area contributed by atoms with Crippen LogP contribution in [0.15, 0.2) is 18.2 Å². The average molecular weight is 263 g/mol. The smallest absolute Gasteiger partial charge is 0.303 e. The Morgan fingerprint density at radius 1 is 1.47 bits per heavy atom. The van der Waals surface area contributed by atoms with E-state index in [0.29, 0.717) is 12.0 Å². The van der Waals surface area contributed by atoms with Crippen molar-refractivity contribution in [3.05, 3.63) is 34.3 Å². The molecule has 0 fully saturated rings. The van der Waals surface area contributed by atoms with Crippen LogP contribution in [0.3, 0.4) is 0 Å². The van der Waals surface area contributed by atoms with Gasteiger partial charge >= 0.3 is 5.97 Å². The fourth-order valence-corrected chi connectivity index (χ4v) is 2.06. The van der Waals surface area contributed by atoms with Crippen LogP contribution in [0.4, 0.5) is 8.78 Å². The average Bonchev–Trinajstić information content (AvgIpc) is 2.14. The van der Waals surface area contributed by atoms with Crippen LogP contribution in [0.5, 0.6) is 0 Å². The normalized spacial score (nSPS) is 11.5. The maximum absolute atomic E-state index is 13.4. The minimum absolute atomic E-state index is 0.0188. The van der Waals surface area contributed by atoms with E-state index in [1.807, 2.05) is 0 Å². The Labute approximate surface area is 103 Å². The third kappa shape index (κ3) is 3.97. The zero-order chi connectivity index (χ0) is 13.1. The number of hydrogen-bond acceptors (Lipinski definition) is 1. The molecule has 0 unspecified atom stereocenters. The molecule has 0 saturated heterocycles. The summed E-state index contributed by atoms with van der Waals surface area (Å²) >= 11 is 5.76. The number of alkyl halides is 2. The summed E-state index contributed by atoms with van der Waals surface area (Å²) in [6, 6.07) is 4.56. The van der Waals surface area contributed by atoms with Crippen LogP contribution in [0.1, 0.15) is 30.9 Å². The number of aryl methyl sites for hydroxylation is 1. The van der Waals surface area contributed by atoms with Gasteiger partial charge in [-0.25, -0.2) is 8.78 Å². The molecule has 0 aliphatic rings. The minimum Gasteiger partial charge on any atom is -0.481 e. The summed E-state index contributed by atoms with van der Waals surface area (Å²) in [6.45, 7) is 0.787. The lowest BCUT2D eigenvalue weighted by Crippen LogP contribution is -2.12. The molecular weight excluding hydrogens is 250 g/mol. The molecule has 1 aromatic rings. The summed E-state index contributed by atoms with van der Waals surface area (Å²) in [5.41, 5.74) is 0.207. The van der Waals surface area contributed by atoms with Gasteiger partial charge in [-0.15, -0.1) is 0 Å². The largest absolute Gasteiger partial charge is 0.481 e. The molecule has 0 aliphatic carbocycles. The van der Waals surface area contributed by atoms with Crippen LogP contribution < -0.4 is 0 Å². The van der Waals surface area contributed by atoms with Crippen molar-refractivity contribution in [2.24, 2.45) is 0 Å². The number of halogens is 3. The van der Waals surface area contributed by atoms with Crippen molar-refractivity contribution in [2.75, 3.05) is 0 Å². The van der Waals surface area contributed by atoms with Gasteiger partial charge in [0.15, 0.2) is 0 Å². The third-order valence-electron chi connectivity index (χ3n) is 2.38. The number of carboxylic acids is 1. The zero-order valence-corrected chi connectivity index (χ0v) is 10.1. The molecule has 0 bridgehead atoms. The summed E-state index contributed by atoms with van der Waals surface area (Å²) in [5.74, 6) is -3.95. The lowest BCUT2D eigenvalue weighted by molar-refractivity contribution is -0.137. The highest BCUT2D eigenvalue weighted by molar-refractivity contribution is 6.31. The second kappa shape index (κ2) is 5.45. The first-order valence-corrected chi connectivity index (χ1v) is 5.57.